The van der Waals surface area contributed by atoms with Gasteiger partial charge < -0.3 is 19.5 Å². The zero-order valence-electron chi connectivity index (χ0n) is 15.7. The van der Waals surface area contributed by atoms with Gasteiger partial charge in [0.25, 0.3) is 5.91 Å². The Bertz CT molecular complexity index is 742. The summed E-state index contributed by atoms with van der Waals surface area (Å²) in [5.74, 6) is 0.424. The molecular formula is C21H25NO5. The van der Waals surface area contributed by atoms with Gasteiger partial charge in [-0.1, -0.05) is 37.3 Å². The molecule has 0 atom stereocenters. The molecule has 27 heavy (non-hydrogen) atoms. The molecule has 0 unspecified atom stereocenters. The first-order valence-corrected chi connectivity index (χ1v) is 8.88. The number of carbonyl (C=O) groups is 2. The summed E-state index contributed by atoms with van der Waals surface area (Å²) in [4.78, 5) is 23.5. The molecule has 6 heteroatoms. The maximum atomic E-state index is 11.8. The number of hydrogen-bond acceptors (Lipinski definition) is 5. The number of esters is 1. The van der Waals surface area contributed by atoms with Crippen LogP contribution in [0.2, 0.25) is 0 Å². The van der Waals surface area contributed by atoms with Gasteiger partial charge >= 0.3 is 5.97 Å². The fourth-order valence-electron chi connectivity index (χ4n) is 2.45. The topological polar surface area (TPSA) is 73.9 Å². The van der Waals surface area contributed by atoms with Gasteiger partial charge in [-0.3, -0.25) is 4.79 Å². The lowest BCUT2D eigenvalue weighted by atomic mass is 10.1. The molecule has 2 rings (SSSR count). The van der Waals surface area contributed by atoms with Crippen molar-refractivity contribution in [2.45, 2.75) is 19.8 Å². The number of benzene rings is 2. The Morgan fingerprint density at radius 1 is 1.00 bits per heavy atom. The van der Waals surface area contributed by atoms with E-state index in [2.05, 4.69) is 12.2 Å². The van der Waals surface area contributed by atoms with Crippen molar-refractivity contribution in [3.05, 3.63) is 59.7 Å². The Morgan fingerprint density at radius 2 is 1.74 bits per heavy atom. The quantitative estimate of drug-likeness (QED) is 0.650. The number of nitrogens with one attached hydrogen (secondary N) is 1. The maximum Gasteiger partial charge on any atom is 0.344 e. The molecule has 2 aromatic carbocycles. The highest BCUT2D eigenvalue weighted by atomic mass is 16.6. The van der Waals surface area contributed by atoms with Crippen molar-refractivity contribution in [1.82, 2.24) is 5.32 Å². The van der Waals surface area contributed by atoms with Gasteiger partial charge in [-0.15, -0.1) is 0 Å². The average Bonchev–Trinajstić information content (AvgIpc) is 2.71. The van der Waals surface area contributed by atoms with Crippen LogP contribution in [0.15, 0.2) is 48.5 Å². The number of aryl methyl sites for hydroxylation is 1. The number of rotatable bonds is 10. The molecule has 0 saturated carbocycles. The van der Waals surface area contributed by atoms with Crippen LogP contribution < -0.4 is 14.8 Å². The molecule has 0 fully saturated rings. The van der Waals surface area contributed by atoms with Crippen molar-refractivity contribution in [3.63, 3.8) is 0 Å². The molecule has 0 aliphatic heterocycles. The summed E-state index contributed by atoms with van der Waals surface area (Å²) in [7, 11) is 1.61. The SMILES string of the molecule is CCc1ccc(OCC(=O)OCC(=O)NCCc2ccccc2OC)cc1. The van der Waals surface area contributed by atoms with Crippen LogP contribution in [0.4, 0.5) is 0 Å². The minimum absolute atomic E-state index is 0.236. The Morgan fingerprint density at radius 3 is 2.44 bits per heavy atom. The maximum absolute atomic E-state index is 11.8. The second kappa shape index (κ2) is 10.9. The van der Waals surface area contributed by atoms with Crippen molar-refractivity contribution in [1.29, 1.82) is 0 Å². The van der Waals surface area contributed by atoms with Crippen LogP contribution in [0.1, 0.15) is 18.1 Å². The van der Waals surface area contributed by atoms with E-state index in [-0.39, 0.29) is 19.1 Å². The molecule has 0 aromatic heterocycles. The number of ether oxygens (including phenoxy) is 3. The second-order valence-corrected chi connectivity index (χ2v) is 5.86. The minimum Gasteiger partial charge on any atom is -0.496 e. The summed E-state index contributed by atoms with van der Waals surface area (Å²) >= 11 is 0. The fraction of sp³-hybridized carbons (Fsp3) is 0.333. The first kappa shape index (κ1) is 20.3. The minimum atomic E-state index is -0.588. The molecule has 1 N–H and O–H groups in total. The van der Waals surface area contributed by atoms with E-state index >= 15 is 0 Å². The highest BCUT2D eigenvalue weighted by Gasteiger charge is 2.09. The Labute approximate surface area is 159 Å². The van der Waals surface area contributed by atoms with Crippen LogP contribution in [-0.4, -0.2) is 38.7 Å². The summed E-state index contributed by atoms with van der Waals surface area (Å²) < 4.78 is 15.5. The predicted octanol–water partition coefficient (Wildman–Crippen LogP) is 2.54. The van der Waals surface area contributed by atoms with Crippen molar-refractivity contribution in [2.24, 2.45) is 0 Å². The van der Waals surface area contributed by atoms with Crippen LogP contribution in [0.5, 0.6) is 11.5 Å². The zero-order chi connectivity index (χ0) is 19.5. The third-order valence-corrected chi connectivity index (χ3v) is 3.96. The third kappa shape index (κ3) is 7.01. The van der Waals surface area contributed by atoms with E-state index in [0.29, 0.717) is 18.7 Å². The van der Waals surface area contributed by atoms with Gasteiger partial charge in [0, 0.05) is 6.54 Å². The molecule has 144 valence electrons. The van der Waals surface area contributed by atoms with Crippen LogP contribution >= 0.6 is 0 Å². The van der Waals surface area contributed by atoms with Crippen molar-refractivity contribution in [2.75, 3.05) is 26.9 Å². The second-order valence-electron chi connectivity index (χ2n) is 5.86. The lowest BCUT2D eigenvalue weighted by molar-refractivity contribution is -0.150. The van der Waals surface area contributed by atoms with Crippen LogP contribution in [0, 0.1) is 0 Å². The smallest absolute Gasteiger partial charge is 0.344 e. The Hall–Kier alpha value is -3.02. The van der Waals surface area contributed by atoms with Gasteiger partial charge in [0.05, 0.1) is 7.11 Å². The zero-order valence-corrected chi connectivity index (χ0v) is 15.7. The van der Waals surface area contributed by atoms with E-state index < -0.39 is 5.97 Å². The molecule has 0 aliphatic carbocycles. The number of carbonyl (C=O) groups excluding carboxylic acids is 2. The van der Waals surface area contributed by atoms with E-state index in [1.165, 1.54) is 5.56 Å². The molecule has 0 spiro atoms. The fourth-order valence-corrected chi connectivity index (χ4v) is 2.45. The van der Waals surface area contributed by atoms with Gasteiger partial charge in [0.2, 0.25) is 0 Å². The summed E-state index contributed by atoms with van der Waals surface area (Å²) in [5, 5.41) is 2.71. The molecule has 1 amide bonds. The standard InChI is InChI=1S/C21H25NO5/c1-3-16-8-10-18(11-9-16)26-15-21(24)27-14-20(23)22-13-12-17-6-4-5-7-19(17)25-2/h4-11H,3,12-15H2,1-2H3,(H,22,23). The van der Waals surface area contributed by atoms with E-state index in [4.69, 9.17) is 14.2 Å². The van der Waals surface area contributed by atoms with Crippen LogP contribution in [0.3, 0.4) is 0 Å². The van der Waals surface area contributed by atoms with Gasteiger partial charge in [0.1, 0.15) is 11.5 Å². The highest BCUT2D eigenvalue weighted by molar-refractivity contribution is 5.80. The first-order chi connectivity index (χ1) is 13.1. The molecule has 0 bridgehead atoms. The molecule has 0 aliphatic rings. The molecule has 0 heterocycles. The number of hydrogen-bond donors (Lipinski definition) is 1. The van der Waals surface area contributed by atoms with Crippen LogP contribution in [-0.2, 0) is 27.2 Å². The van der Waals surface area contributed by atoms with Crippen molar-refractivity contribution in [3.8, 4) is 11.5 Å². The van der Waals surface area contributed by atoms with Crippen molar-refractivity contribution < 1.29 is 23.8 Å². The molecular weight excluding hydrogens is 346 g/mol. The van der Waals surface area contributed by atoms with Gasteiger partial charge in [0.15, 0.2) is 13.2 Å². The number of amides is 1. The molecule has 0 saturated heterocycles. The average molecular weight is 371 g/mol. The lowest BCUT2D eigenvalue weighted by Crippen LogP contribution is -2.31. The predicted molar refractivity (Wildman–Crippen MR) is 102 cm³/mol. The number of para-hydroxylation sites is 1. The van der Waals surface area contributed by atoms with E-state index in [9.17, 15) is 9.59 Å². The molecule has 6 nitrogen and oxygen atoms in total. The first-order valence-electron chi connectivity index (χ1n) is 8.88. The monoisotopic (exact) mass is 371 g/mol. The highest BCUT2D eigenvalue weighted by Crippen LogP contribution is 2.17. The normalized spacial score (nSPS) is 10.1. The summed E-state index contributed by atoms with van der Waals surface area (Å²) in [6.07, 6.45) is 1.56. The Balaban J connectivity index is 1.63. The van der Waals surface area contributed by atoms with Gasteiger partial charge in [-0.05, 0) is 42.2 Å². The third-order valence-electron chi connectivity index (χ3n) is 3.96. The summed E-state index contributed by atoms with van der Waals surface area (Å²) in [6.45, 7) is 1.93. The van der Waals surface area contributed by atoms with Gasteiger partial charge in [-0.2, -0.15) is 0 Å². The van der Waals surface area contributed by atoms with Gasteiger partial charge in [-0.25, -0.2) is 4.79 Å². The molecule has 0 radical (unpaired) electrons. The number of methoxy groups -OCH3 is 1. The summed E-state index contributed by atoms with van der Waals surface area (Å²) in [6, 6.07) is 15.1. The Kier molecular flexibility index (Phi) is 8.16. The van der Waals surface area contributed by atoms with E-state index in [0.717, 1.165) is 17.7 Å². The lowest BCUT2D eigenvalue weighted by Gasteiger charge is -2.10. The van der Waals surface area contributed by atoms with E-state index in [1.54, 1.807) is 19.2 Å². The largest absolute Gasteiger partial charge is 0.496 e. The molecule has 2 aromatic rings. The summed E-state index contributed by atoms with van der Waals surface area (Å²) in [5.41, 5.74) is 2.19. The van der Waals surface area contributed by atoms with Crippen LogP contribution in [0.25, 0.3) is 0 Å². The van der Waals surface area contributed by atoms with Crippen molar-refractivity contribution >= 4 is 11.9 Å². The van der Waals surface area contributed by atoms with E-state index in [1.807, 2.05) is 36.4 Å².